The maximum absolute atomic E-state index is 16.8. The van der Waals surface area contributed by atoms with Crippen molar-refractivity contribution in [2.24, 2.45) is 10.8 Å². The summed E-state index contributed by atoms with van der Waals surface area (Å²) in [6.07, 6.45) is 6.65. The topological polar surface area (TPSA) is 388 Å². The monoisotopic (exact) mass is 1930 g/mol. The lowest BCUT2D eigenvalue weighted by Gasteiger charge is -2.33. The summed E-state index contributed by atoms with van der Waals surface area (Å²) in [7, 11) is 2.66. The van der Waals surface area contributed by atoms with Crippen LogP contribution in [0.2, 0.25) is 0 Å². The van der Waals surface area contributed by atoms with Gasteiger partial charge in [-0.3, -0.25) is 9.59 Å². The van der Waals surface area contributed by atoms with Gasteiger partial charge in [-0.1, -0.05) is 54.0 Å². The van der Waals surface area contributed by atoms with Crippen LogP contribution in [-0.2, 0) is 148 Å². The van der Waals surface area contributed by atoms with Gasteiger partial charge in [-0.2, -0.15) is 0 Å². The first-order chi connectivity index (χ1) is 66.6. The zero-order valence-corrected chi connectivity index (χ0v) is 81.4. The molecule has 0 spiro atoms. The molecule has 0 unspecified atom stereocenters. The van der Waals surface area contributed by atoms with E-state index in [4.69, 9.17) is 139 Å². The van der Waals surface area contributed by atoms with Gasteiger partial charge >= 0.3 is 13.1 Å². The van der Waals surface area contributed by atoms with Gasteiger partial charge < -0.3 is 138 Å². The number of carbonyl (C=O) groups excluding carboxylic acids is 3. The van der Waals surface area contributed by atoms with Gasteiger partial charge in [-0.25, -0.2) is 13.6 Å². The van der Waals surface area contributed by atoms with Crippen LogP contribution in [0.4, 0.5) is 8.78 Å². The second-order valence-electron chi connectivity index (χ2n) is 32.4. The fourth-order valence-electron chi connectivity index (χ4n) is 13.9. The first-order valence-corrected chi connectivity index (χ1v) is 47.9. The molecule has 7 rings (SSSR count). The third-order valence-electron chi connectivity index (χ3n) is 21.8. The molecular formula is C97H154BF2N5O31. The van der Waals surface area contributed by atoms with Crippen molar-refractivity contribution in [2.45, 2.75) is 121 Å². The minimum absolute atomic E-state index is 0.0955. The fourth-order valence-corrected chi connectivity index (χ4v) is 13.9. The minimum atomic E-state index is -0.621. The summed E-state index contributed by atoms with van der Waals surface area (Å²) in [5, 5.41) is 3.90. The number of halogens is 2. The number of azide groups is 1. The lowest BCUT2D eigenvalue weighted by Crippen LogP contribution is -2.41. The Morgan fingerprint density at radius 1 is 0.382 bits per heavy atom. The highest BCUT2D eigenvalue weighted by atomic mass is 19.1. The van der Waals surface area contributed by atoms with Crippen molar-refractivity contribution in [2.75, 3.05) is 338 Å². The molecule has 2 amide bonds. The van der Waals surface area contributed by atoms with Crippen LogP contribution in [0.1, 0.15) is 116 Å². The summed E-state index contributed by atoms with van der Waals surface area (Å²) >= 11 is 0. The van der Waals surface area contributed by atoms with Crippen molar-refractivity contribution >= 4 is 30.4 Å². The summed E-state index contributed by atoms with van der Waals surface area (Å²) in [6, 6.07) is 22.1. The lowest BCUT2D eigenvalue weighted by atomic mass is 9.69. The van der Waals surface area contributed by atoms with E-state index < -0.39 is 53.2 Å². The second kappa shape index (κ2) is 76.2. The summed E-state index contributed by atoms with van der Waals surface area (Å²) < 4.78 is 187. The van der Waals surface area contributed by atoms with Gasteiger partial charge in [0.05, 0.1) is 309 Å². The van der Waals surface area contributed by atoms with Crippen molar-refractivity contribution < 1.29 is 156 Å². The zero-order chi connectivity index (χ0) is 97.1. The van der Waals surface area contributed by atoms with E-state index >= 15 is 8.78 Å². The molecule has 2 aliphatic heterocycles. The molecule has 0 aromatic heterocycles. The largest absolute Gasteiger partial charge is 0.494 e. The number of rotatable bonds is 89. The first kappa shape index (κ1) is 118. The van der Waals surface area contributed by atoms with Crippen LogP contribution in [-0.4, -0.2) is 379 Å². The molecule has 0 atom stereocenters. The van der Waals surface area contributed by atoms with E-state index in [1.807, 2.05) is 39.8 Å². The summed E-state index contributed by atoms with van der Waals surface area (Å²) in [5.41, 5.74) is 18.4. The van der Waals surface area contributed by atoms with Crippen molar-refractivity contribution in [3.05, 3.63) is 106 Å². The van der Waals surface area contributed by atoms with E-state index in [2.05, 4.69) is 39.1 Å². The van der Waals surface area contributed by atoms with Crippen molar-refractivity contribution in [1.82, 2.24) is 5.06 Å². The molecule has 770 valence electrons. The molecule has 2 fully saturated rings. The molecule has 4 aromatic rings. The average molecular weight is 1940 g/mol. The quantitative estimate of drug-likeness (QED) is 0.0107. The fraction of sp³-hybridized carbons (Fsp3) is 0.722. The number of ether oxygens (including phenoxy) is 25. The number of nitrogens with zero attached hydrogens (tertiary/aromatic N) is 4. The molecule has 36 nitrogen and oxygen atoms in total. The van der Waals surface area contributed by atoms with E-state index in [0.717, 1.165) is 47.0 Å². The number of unbranched alkanes of at least 4 members (excludes halogenated alkanes) is 3. The summed E-state index contributed by atoms with van der Waals surface area (Å²) in [5.74, 6) is -1.98. The van der Waals surface area contributed by atoms with Gasteiger partial charge in [0.2, 0.25) is 0 Å². The number of hydrogen-bond acceptors (Lipinski definition) is 33. The van der Waals surface area contributed by atoms with E-state index in [1.165, 1.54) is 12.1 Å². The van der Waals surface area contributed by atoms with Gasteiger partial charge in [0, 0.05) is 74.7 Å². The Morgan fingerprint density at radius 3 is 1.04 bits per heavy atom. The van der Waals surface area contributed by atoms with Crippen molar-refractivity contribution in [3.63, 3.8) is 0 Å². The van der Waals surface area contributed by atoms with Gasteiger partial charge in [0.1, 0.15) is 17.4 Å². The zero-order valence-electron chi connectivity index (χ0n) is 81.4. The third-order valence-corrected chi connectivity index (χ3v) is 21.8. The number of amides is 2. The molecule has 39 heteroatoms. The highest BCUT2D eigenvalue weighted by Gasteiger charge is 2.53. The molecular weight excluding hydrogens is 1780 g/mol. The number of hydrogen-bond donors (Lipinski definition) is 1. The minimum Gasteiger partial charge on any atom is -0.494 e. The van der Waals surface area contributed by atoms with Crippen LogP contribution in [0.3, 0.4) is 0 Å². The van der Waals surface area contributed by atoms with Crippen LogP contribution in [0.25, 0.3) is 43.8 Å². The SMILES string of the molecule is COCCOCCOCCOCCOCCOCCOCCOCCOCCOCCOCCOCCCC1(CCCOCCOCCOCCOCCOCCOCCOCCOCCOCCOCCOCCOC)c2cc(B3OC(C)(C)C(C)(C)O3)ccc2-c2ccc(-c3cc(F)c(-c4ccc(OCCCCN)cc4)cc3F)cc21.[N-]=[N+]=NCCCCCC(=O)ON1C(=O)CCC1=O. The van der Waals surface area contributed by atoms with Gasteiger partial charge in [-0.15, -0.1) is 5.06 Å². The normalized spacial score (nSPS) is 14.1. The summed E-state index contributed by atoms with van der Waals surface area (Å²) in [4.78, 5) is 40.9. The Bertz CT molecular complexity index is 3690. The highest BCUT2D eigenvalue weighted by Crippen LogP contribution is 2.55. The van der Waals surface area contributed by atoms with Crippen LogP contribution >= 0.6 is 0 Å². The van der Waals surface area contributed by atoms with Crippen LogP contribution in [0, 0.1) is 11.6 Å². The Hall–Kier alpha value is -6.56. The Kier molecular flexibility index (Phi) is 66.2. The van der Waals surface area contributed by atoms with Gasteiger partial charge in [0.15, 0.2) is 0 Å². The number of imide groups is 1. The predicted octanol–water partition coefficient (Wildman–Crippen LogP) is 10.7. The number of benzene rings is 4. The Balaban J connectivity index is 0.00000141. The Morgan fingerprint density at radius 2 is 0.699 bits per heavy atom. The standard InChI is InChI=1S/C87H140BF2NO27.C10H14N4O4/c1-85(2)86(3,4)118-88(117-85)75-14-18-78-77-17-13-74(80-72-83(89)79(71-84(80)90)73-11-15-76(16-12-73)116-24-8-7-21-91)69-81(77)87(82(78)70-75,19-9-22-94-29-31-98-37-39-102-45-47-106-53-55-110-61-63-114-67-65-112-59-57-108-51-49-104-43-41-100-35-33-96-27-25-92-5)20-10-23-95-30-32-99-38-40-103-46-48-107-54-56-111-62-64-115-68-66-113-60-58-109-52-50-105-44-42-101-36-34-97-28-26-93-6;11-13-12-7-3-1-2-4-10(17)18-14-8(15)5-6-9(14)16/h11-18,69-72H,7-10,19-68,91H2,1-6H3;1-7H2. The number of methoxy groups -OCH3 is 2. The molecule has 2 heterocycles. The van der Waals surface area contributed by atoms with Crippen molar-refractivity contribution in [1.29, 1.82) is 0 Å². The maximum atomic E-state index is 16.8. The van der Waals surface area contributed by atoms with E-state index in [1.54, 1.807) is 38.5 Å². The summed E-state index contributed by atoms with van der Waals surface area (Å²) in [6.45, 7) is 31.2. The number of fused-ring (bicyclic) bond motifs is 3. The molecule has 4 aromatic carbocycles. The molecule has 0 radical (unpaired) electrons. The molecule has 3 aliphatic rings. The van der Waals surface area contributed by atoms with Crippen molar-refractivity contribution in [3.8, 4) is 39.1 Å². The Labute approximate surface area is 802 Å². The van der Waals surface area contributed by atoms with Crippen LogP contribution < -0.4 is 15.9 Å². The highest BCUT2D eigenvalue weighted by molar-refractivity contribution is 6.62. The molecule has 2 saturated heterocycles. The number of hydroxylamine groups is 2. The van der Waals surface area contributed by atoms with E-state index in [-0.39, 0.29) is 30.4 Å². The molecule has 136 heavy (non-hydrogen) atoms. The van der Waals surface area contributed by atoms with Crippen LogP contribution in [0.5, 0.6) is 5.75 Å². The molecule has 0 saturated carbocycles. The number of carbonyl (C=O) groups is 3. The van der Waals surface area contributed by atoms with Crippen LogP contribution in [0.15, 0.2) is 77.9 Å². The average Bonchev–Trinajstić information content (AvgIpc) is 1.55. The lowest BCUT2D eigenvalue weighted by molar-refractivity contribution is -0.197. The molecule has 0 bridgehead atoms. The van der Waals surface area contributed by atoms with E-state index in [0.29, 0.717) is 384 Å². The maximum Gasteiger partial charge on any atom is 0.494 e. The van der Waals surface area contributed by atoms with E-state index in [9.17, 15) is 14.4 Å². The first-order valence-electron chi connectivity index (χ1n) is 47.9. The van der Waals surface area contributed by atoms with Gasteiger partial charge in [-0.05, 0) is 160 Å². The molecule has 1 aliphatic carbocycles. The number of nitrogens with two attached hydrogens (primary N) is 1. The van der Waals surface area contributed by atoms with Gasteiger partial charge in [0.25, 0.3) is 11.8 Å². The second-order valence-corrected chi connectivity index (χ2v) is 32.4. The molecule has 2 N–H and O–H groups in total. The smallest absolute Gasteiger partial charge is 0.494 e. The third kappa shape index (κ3) is 50.2. The predicted molar refractivity (Wildman–Crippen MR) is 503 cm³/mol.